The fourth-order valence-corrected chi connectivity index (χ4v) is 2.06. The van der Waals surface area contributed by atoms with Crippen LogP contribution < -0.4 is 16.0 Å². The number of pyridine rings is 1. The number of hydrogen-bond donors (Lipinski definition) is 3. The van der Waals surface area contributed by atoms with Gasteiger partial charge in [0, 0.05) is 19.3 Å². The maximum atomic E-state index is 11.9. The number of anilines is 3. The van der Waals surface area contributed by atoms with Crippen LogP contribution in [0.25, 0.3) is 0 Å². The van der Waals surface area contributed by atoms with Crippen molar-refractivity contribution in [3.63, 3.8) is 0 Å². The fourth-order valence-electron chi connectivity index (χ4n) is 2.06. The Morgan fingerprint density at radius 1 is 1.12 bits per heavy atom. The van der Waals surface area contributed by atoms with Gasteiger partial charge in [-0.15, -0.1) is 10.2 Å². The minimum absolute atomic E-state index is 0.220. The Kier molecular flexibility index (Phi) is 5.15. The molecule has 9 nitrogen and oxygen atoms in total. The molecule has 3 aromatic heterocycles. The van der Waals surface area contributed by atoms with E-state index in [4.69, 9.17) is 4.52 Å². The largest absolute Gasteiger partial charge is 0.367 e. The van der Waals surface area contributed by atoms with E-state index in [0.29, 0.717) is 36.0 Å². The molecule has 3 aromatic rings. The first kappa shape index (κ1) is 16.4. The van der Waals surface area contributed by atoms with Gasteiger partial charge in [0.15, 0.2) is 5.82 Å². The first-order valence-corrected chi connectivity index (χ1v) is 7.66. The second kappa shape index (κ2) is 7.86. The third kappa shape index (κ3) is 4.50. The number of rotatable bonds is 7. The van der Waals surface area contributed by atoms with Crippen molar-refractivity contribution >= 4 is 23.2 Å². The Morgan fingerprint density at radius 3 is 2.64 bits per heavy atom. The molecule has 0 saturated carbocycles. The number of nitrogens with zero attached hydrogens (tertiary/aromatic N) is 4. The molecule has 0 unspecified atom stereocenters. The van der Waals surface area contributed by atoms with Crippen LogP contribution in [0.15, 0.2) is 47.4 Å². The molecule has 0 aliphatic carbocycles. The first-order chi connectivity index (χ1) is 12.2. The van der Waals surface area contributed by atoms with Gasteiger partial charge in [0.25, 0.3) is 5.91 Å². The minimum atomic E-state index is -0.220. The number of nitrogens with one attached hydrogen (secondary N) is 3. The predicted octanol–water partition coefficient (Wildman–Crippen LogP) is 1.75. The number of amides is 1. The van der Waals surface area contributed by atoms with E-state index in [-0.39, 0.29) is 5.91 Å². The van der Waals surface area contributed by atoms with Crippen LogP contribution in [0.3, 0.4) is 0 Å². The maximum Gasteiger partial charge on any atom is 0.256 e. The molecule has 25 heavy (non-hydrogen) atoms. The van der Waals surface area contributed by atoms with E-state index < -0.39 is 0 Å². The maximum absolute atomic E-state index is 11.9. The molecule has 3 heterocycles. The summed E-state index contributed by atoms with van der Waals surface area (Å²) >= 11 is 0. The molecule has 0 fully saturated rings. The average molecular weight is 339 g/mol. The Balaban J connectivity index is 1.43. The van der Waals surface area contributed by atoms with Gasteiger partial charge >= 0.3 is 0 Å². The van der Waals surface area contributed by atoms with Gasteiger partial charge < -0.3 is 20.5 Å². The van der Waals surface area contributed by atoms with Crippen molar-refractivity contribution in [1.29, 1.82) is 0 Å². The Bertz CT molecular complexity index is 818. The molecule has 0 atom stereocenters. The van der Waals surface area contributed by atoms with E-state index >= 15 is 0 Å². The van der Waals surface area contributed by atoms with Crippen molar-refractivity contribution in [3.05, 3.63) is 54.2 Å². The van der Waals surface area contributed by atoms with Gasteiger partial charge in [0.1, 0.15) is 17.1 Å². The van der Waals surface area contributed by atoms with Gasteiger partial charge in [0.2, 0.25) is 0 Å². The molecule has 0 radical (unpaired) electrons. The Hall–Kier alpha value is -3.49. The lowest BCUT2D eigenvalue weighted by atomic mass is 10.2. The lowest BCUT2D eigenvalue weighted by molar-refractivity contribution is 0.0953. The lowest BCUT2D eigenvalue weighted by Crippen LogP contribution is -2.29. The van der Waals surface area contributed by atoms with Crippen molar-refractivity contribution in [1.82, 2.24) is 25.7 Å². The standard InChI is InChI=1S/C16H17N7O2/c1-11-13(10-20-25-11)16(24)19-8-7-18-14-4-5-15(23-22-14)21-12-3-2-6-17-9-12/h2-6,9-10H,7-8H2,1H3,(H,18,22)(H,19,24)(H,21,23). The van der Waals surface area contributed by atoms with Crippen LogP contribution in [0, 0.1) is 6.92 Å². The van der Waals surface area contributed by atoms with Crippen LogP contribution in [0.5, 0.6) is 0 Å². The molecule has 3 rings (SSSR count). The lowest BCUT2D eigenvalue weighted by Gasteiger charge is -2.08. The van der Waals surface area contributed by atoms with Crippen LogP contribution in [-0.2, 0) is 0 Å². The molecule has 9 heteroatoms. The molecule has 128 valence electrons. The molecular formula is C16H17N7O2. The number of aryl methyl sites for hydroxylation is 1. The van der Waals surface area contributed by atoms with Crippen LogP contribution in [0.4, 0.5) is 17.3 Å². The fraction of sp³-hybridized carbons (Fsp3) is 0.188. The van der Waals surface area contributed by atoms with Crippen LogP contribution in [0.2, 0.25) is 0 Å². The highest BCUT2D eigenvalue weighted by Crippen LogP contribution is 2.12. The summed E-state index contributed by atoms with van der Waals surface area (Å²) in [5.41, 5.74) is 1.27. The third-order valence-electron chi connectivity index (χ3n) is 3.31. The van der Waals surface area contributed by atoms with Gasteiger partial charge in [-0.3, -0.25) is 9.78 Å². The number of carbonyl (C=O) groups excluding carboxylic acids is 1. The zero-order valence-electron chi connectivity index (χ0n) is 13.6. The molecular weight excluding hydrogens is 322 g/mol. The van der Waals surface area contributed by atoms with Gasteiger partial charge in [-0.1, -0.05) is 5.16 Å². The van der Waals surface area contributed by atoms with Gasteiger partial charge in [-0.2, -0.15) is 0 Å². The summed E-state index contributed by atoms with van der Waals surface area (Å²) < 4.78 is 4.86. The zero-order valence-corrected chi connectivity index (χ0v) is 13.6. The summed E-state index contributed by atoms with van der Waals surface area (Å²) in [6.45, 7) is 2.64. The van der Waals surface area contributed by atoms with E-state index in [1.54, 1.807) is 31.5 Å². The topological polar surface area (TPSA) is 118 Å². The molecule has 3 N–H and O–H groups in total. The summed E-state index contributed by atoms with van der Waals surface area (Å²) in [6.07, 6.45) is 4.80. The summed E-state index contributed by atoms with van der Waals surface area (Å²) in [6, 6.07) is 7.33. The number of aromatic nitrogens is 4. The molecule has 0 spiro atoms. The highest BCUT2D eigenvalue weighted by molar-refractivity contribution is 5.94. The van der Waals surface area contributed by atoms with Crippen LogP contribution in [0.1, 0.15) is 16.1 Å². The highest BCUT2D eigenvalue weighted by Gasteiger charge is 2.11. The van der Waals surface area contributed by atoms with Gasteiger partial charge in [-0.25, -0.2) is 0 Å². The molecule has 0 aliphatic heterocycles. The normalized spacial score (nSPS) is 10.3. The van der Waals surface area contributed by atoms with Crippen molar-refractivity contribution in [2.75, 3.05) is 23.7 Å². The Labute approximate surface area is 143 Å². The van der Waals surface area contributed by atoms with Crippen molar-refractivity contribution in [2.24, 2.45) is 0 Å². The summed E-state index contributed by atoms with van der Waals surface area (Å²) in [5.74, 6) is 1.51. The van der Waals surface area contributed by atoms with Crippen molar-refractivity contribution in [2.45, 2.75) is 6.92 Å². The quantitative estimate of drug-likeness (QED) is 0.557. The number of carbonyl (C=O) groups is 1. The second-order valence-corrected chi connectivity index (χ2v) is 5.15. The van der Waals surface area contributed by atoms with Crippen molar-refractivity contribution in [3.8, 4) is 0 Å². The average Bonchev–Trinajstić information content (AvgIpc) is 3.07. The summed E-state index contributed by atoms with van der Waals surface area (Å²) in [7, 11) is 0. The van der Waals surface area contributed by atoms with Crippen LogP contribution in [-0.4, -0.2) is 39.3 Å². The van der Waals surface area contributed by atoms with E-state index in [1.807, 2.05) is 12.1 Å². The second-order valence-electron chi connectivity index (χ2n) is 5.15. The Morgan fingerprint density at radius 2 is 1.96 bits per heavy atom. The summed E-state index contributed by atoms with van der Waals surface area (Å²) in [5, 5.41) is 20.7. The molecule has 1 amide bonds. The molecule has 0 saturated heterocycles. The van der Waals surface area contributed by atoms with E-state index in [2.05, 4.69) is 36.3 Å². The smallest absolute Gasteiger partial charge is 0.256 e. The van der Waals surface area contributed by atoms with E-state index in [9.17, 15) is 4.79 Å². The highest BCUT2D eigenvalue weighted by atomic mass is 16.5. The first-order valence-electron chi connectivity index (χ1n) is 7.66. The van der Waals surface area contributed by atoms with Gasteiger partial charge in [0.05, 0.1) is 18.1 Å². The molecule has 0 aromatic carbocycles. The predicted molar refractivity (Wildman–Crippen MR) is 91.6 cm³/mol. The molecule has 0 aliphatic rings. The SMILES string of the molecule is Cc1oncc1C(=O)NCCNc1ccc(Nc2cccnc2)nn1. The summed E-state index contributed by atoms with van der Waals surface area (Å²) in [4.78, 5) is 15.9. The minimum Gasteiger partial charge on any atom is -0.367 e. The zero-order chi connectivity index (χ0) is 17.5. The van der Waals surface area contributed by atoms with E-state index in [1.165, 1.54) is 6.20 Å². The number of hydrogen-bond acceptors (Lipinski definition) is 8. The third-order valence-corrected chi connectivity index (χ3v) is 3.31. The monoisotopic (exact) mass is 339 g/mol. The van der Waals surface area contributed by atoms with Gasteiger partial charge in [-0.05, 0) is 31.2 Å². The van der Waals surface area contributed by atoms with Crippen molar-refractivity contribution < 1.29 is 9.32 Å². The van der Waals surface area contributed by atoms with E-state index in [0.717, 1.165) is 5.69 Å². The molecule has 0 bridgehead atoms. The van der Waals surface area contributed by atoms with Crippen LogP contribution >= 0.6 is 0 Å².